The van der Waals surface area contributed by atoms with Gasteiger partial charge < -0.3 is 10.1 Å². The second-order valence-corrected chi connectivity index (χ2v) is 3.32. The first-order chi connectivity index (χ1) is 7.26. The van der Waals surface area contributed by atoms with E-state index in [1.807, 2.05) is 30.3 Å². The molecule has 1 aromatic carbocycles. The summed E-state index contributed by atoms with van der Waals surface area (Å²) in [5, 5.41) is 3.11. The zero-order valence-electron chi connectivity index (χ0n) is 9.66. The molecule has 0 spiro atoms. The molecule has 0 aliphatic rings. The second kappa shape index (κ2) is 9.97. The van der Waals surface area contributed by atoms with Gasteiger partial charge in [0.05, 0.1) is 0 Å². The molecule has 1 atom stereocenters. The van der Waals surface area contributed by atoms with Crippen molar-refractivity contribution < 1.29 is 4.74 Å². The molecule has 15 heavy (non-hydrogen) atoms. The molecule has 1 N–H and O–H groups in total. The third-order valence-corrected chi connectivity index (χ3v) is 2.20. The fourth-order valence-electron chi connectivity index (χ4n) is 0.990. The predicted octanol–water partition coefficient (Wildman–Crippen LogP) is 3.19. The fraction of sp³-hybridized carbons (Fsp3) is 0.500. The summed E-state index contributed by atoms with van der Waals surface area (Å²) in [7, 11) is 1.59. The minimum Gasteiger partial charge on any atom is -0.361 e. The number of nitrogens with one attached hydrogen (secondary N) is 1. The van der Waals surface area contributed by atoms with Crippen molar-refractivity contribution in [3.05, 3.63) is 35.9 Å². The van der Waals surface area contributed by atoms with Crippen LogP contribution in [0.15, 0.2) is 30.3 Å². The van der Waals surface area contributed by atoms with Crippen molar-refractivity contribution in [2.75, 3.05) is 20.2 Å². The monoisotopic (exact) mass is 229 g/mol. The van der Waals surface area contributed by atoms with Crippen LogP contribution in [0, 0.1) is 0 Å². The van der Waals surface area contributed by atoms with Crippen LogP contribution in [0.1, 0.15) is 25.0 Å². The summed E-state index contributed by atoms with van der Waals surface area (Å²) in [6.45, 7) is 6.39. The minimum atomic E-state index is -0.318. The third-order valence-electron chi connectivity index (χ3n) is 1.77. The molecule has 0 saturated carbocycles. The zero-order valence-corrected chi connectivity index (χ0v) is 10.4. The predicted molar refractivity (Wildman–Crippen MR) is 66.3 cm³/mol. The van der Waals surface area contributed by atoms with E-state index < -0.39 is 0 Å². The number of benzene rings is 1. The van der Waals surface area contributed by atoms with Gasteiger partial charge in [0.2, 0.25) is 0 Å². The number of ether oxygens (including phenoxy) is 1. The molecule has 2 nitrogen and oxygen atoms in total. The molecule has 3 heteroatoms. The number of hydrogen-bond donors (Lipinski definition) is 1. The molecular formula is C12H20ClNO. The van der Waals surface area contributed by atoms with Crippen molar-refractivity contribution in [2.45, 2.75) is 19.4 Å². The Morgan fingerprint density at radius 2 is 1.73 bits per heavy atom. The highest BCUT2D eigenvalue weighted by atomic mass is 35.5. The summed E-state index contributed by atoms with van der Waals surface area (Å²) in [5.41, 5.74) is 0.674. The summed E-state index contributed by atoms with van der Waals surface area (Å²) in [6, 6.07) is 9.68. The van der Waals surface area contributed by atoms with Crippen molar-refractivity contribution in [3.63, 3.8) is 0 Å². The number of alkyl halides is 1. The molecular weight excluding hydrogens is 210 g/mol. The van der Waals surface area contributed by atoms with Crippen LogP contribution in [0.2, 0.25) is 0 Å². The molecule has 0 aliphatic heterocycles. The van der Waals surface area contributed by atoms with Gasteiger partial charge >= 0.3 is 0 Å². The molecule has 0 aliphatic carbocycles. The molecule has 1 unspecified atom stereocenters. The fourth-order valence-corrected chi connectivity index (χ4v) is 1.14. The Balaban J connectivity index is 0.000000336. The Hall–Kier alpha value is -0.570. The normalized spacial score (nSPS) is 11.5. The van der Waals surface area contributed by atoms with Crippen molar-refractivity contribution in [1.82, 2.24) is 5.32 Å². The quantitative estimate of drug-likeness (QED) is 0.801. The number of hydrogen-bond acceptors (Lipinski definition) is 2. The van der Waals surface area contributed by atoms with E-state index in [0.29, 0.717) is 0 Å². The molecule has 0 bridgehead atoms. The average molecular weight is 230 g/mol. The van der Waals surface area contributed by atoms with Crippen LogP contribution >= 0.6 is 11.6 Å². The molecule has 0 saturated heterocycles. The Morgan fingerprint density at radius 1 is 1.20 bits per heavy atom. The molecule has 1 aromatic rings. The molecule has 0 fully saturated rings. The molecule has 86 valence electrons. The van der Waals surface area contributed by atoms with Crippen LogP contribution in [-0.2, 0) is 4.74 Å². The van der Waals surface area contributed by atoms with E-state index >= 15 is 0 Å². The number of halogens is 1. The summed E-state index contributed by atoms with van der Waals surface area (Å²) >= 11 is 5.77. The smallest absolute Gasteiger partial charge is 0.156 e. The standard InChI is InChI=1S/C8H9ClO.C4H11N/c1-10-8(9)7-5-3-2-4-6-7;1-3-5-4-2/h2-6,8H,1H3;5H,3-4H2,1-2H3. The van der Waals surface area contributed by atoms with Crippen molar-refractivity contribution in [3.8, 4) is 0 Å². The molecule has 0 radical (unpaired) electrons. The Morgan fingerprint density at radius 3 is 2.07 bits per heavy atom. The molecule has 0 aromatic heterocycles. The van der Waals surface area contributed by atoms with Crippen LogP contribution in [0.4, 0.5) is 0 Å². The average Bonchev–Trinajstić information content (AvgIpc) is 2.31. The summed E-state index contributed by atoms with van der Waals surface area (Å²) < 4.78 is 4.90. The van der Waals surface area contributed by atoms with Gasteiger partial charge in [-0.05, 0) is 18.7 Å². The van der Waals surface area contributed by atoms with Crippen molar-refractivity contribution in [2.24, 2.45) is 0 Å². The lowest BCUT2D eigenvalue weighted by Crippen LogP contribution is -2.09. The Labute approximate surface area is 97.6 Å². The molecule has 0 heterocycles. The van der Waals surface area contributed by atoms with Crippen LogP contribution in [-0.4, -0.2) is 20.2 Å². The minimum absolute atomic E-state index is 0.318. The van der Waals surface area contributed by atoms with Gasteiger partial charge in [-0.15, -0.1) is 0 Å². The Kier molecular flexibility index (Phi) is 9.59. The highest BCUT2D eigenvalue weighted by molar-refractivity contribution is 6.19. The lowest BCUT2D eigenvalue weighted by Gasteiger charge is -2.05. The third kappa shape index (κ3) is 7.37. The second-order valence-electron chi connectivity index (χ2n) is 2.92. The van der Waals surface area contributed by atoms with Gasteiger partial charge in [-0.1, -0.05) is 55.8 Å². The first-order valence-corrected chi connectivity index (χ1v) is 5.62. The highest BCUT2D eigenvalue weighted by Crippen LogP contribution is 2.19. The van der Waals surface area contributed by atoms with Gasteiger partial charge in [0.1, 0.15) is 0 Å². The summed E-state index contributed by atoms with van der Waals surface area (Å²) in [6.07, 6.45) is 0. The first kappa shape index (κ1) is 14.4. The van der Waals surface area contributed by atoms with E-state index in [-0.39, 0.29) is 5.56 Å². The van der Waals surface area contributed by atoms with Crippen LogP contribution in [0.5, 0.6) is 0 Å². The van der Waals surface area contributed by atoms with E-state index in [4.69, 9.17) is 16.3 Å². The van der Waals surface area contributed by atoms with E-state index in [9.17, 15) is 0 Å². The maximum Gasteiger partial charge on any atom is 0.156 e. The van der Waals surface area contributed by atoms with Crippen LogP contribution in [0.25, 0.3) is 0 Å². The number of rotatable bonds is 4. The van der Waals surface area contributed by atoms with Gasteiger partial charge in [0, 0.05) is 7.11 Å². The van der Waals surface area contributed by atoms with Crippen LogP contribution in [0.3, 0.4) is 0 Å². The first-order valence-electron chi connectivity index (χ1n) is 5.18. The maximum atomic E-state index is 5.77. The molecule has 1 rings (SSSR count). The van der Waals surface area contributed by atoms with E-state index in [1.54, 1.807) is 7.11 Å². The maximum absolute atomic E-state index is 5.77. The Bertz CT molecular complexity index is 226. The van der Waals surface area contributed by atoms with Crippen LogP contribution < -0.4 is 5.32 Å². The van der Waals surface area contributed by atoms with E-state index in [1.165, 1.54) is 0 Å². The highest BCUT2D eigenvalue weighted by Gasteiger charge is 2.02. The van der Waals surface area contributed by atoms with E-state index in [2.05, 4.69) is 19.2 Å². The lowest BCUT2D eigenvalue weighted by molar-refractivity contribution is 0.170. The van der Waals surface area contributed by atoms with Gasteiger partial charge in [-0.25, -0.2) is 0 Å². The SMILES string of the molecule is CCNCC.COC(Cl)c1ccccc1. The van der Waals surface area contributed by atoms with Gasteiger partial charge in [0.15, 0.2) is 5.56 Å². The number of methoxy groups -OCH3 is 1. The van der Waals surface area contributed by atoms with Gasteiger partial charge in [0.25, 0.3) is 0 Å². The van der Waals surface area contributed by atoms with E-state index in [0.717, 1.165) is 18.7 Å². The zero-order chi connectivity index (χ0) is 11.5. The summed E-state index contributed by atoms with van der Waals surface area (Å²) in [5.74, 6) is 0. The van der Waals surface area contributed by atoms with Crippen molar-refractivity contribution >= 4 is 11.6 Å². The topological polar surface area (TPSA) is 21.3 Å². The molecule has 0 amide bonds. The van der Waals surface area contributed by atoms with Crippen molar-refractivity contribution in [1.29, 1.82) is 0 Å². The summed E-state index contributed by atoms with van der Waals surface area (Å²) in [4.78, 5) is 0. The van der Waals surface area contributed by atoms with Gasteiger partial charge in [-0.3, -0.25) is 0 Å². The lowest BCUT2D eigenvalue weighted by atomic mass is 10.2. The largest absolute Gasteiger partial charge is 0.361 e. The van der Waals surface area contributed by atoms with Gasteiger partial charge in [-0.2, -0.15) is 0 Å².